The lowest BCUT2D eigenvalue weighted by Gasteiger charge is -2.20. The third-order valence-electron chi connectivity index (χ3n) is 3.42. The Bertz CT molecular complexity index is 612. The van der Waals surface area contributed by atoms with E-state index in [1.54, 1.807) is 18.4 Å². The molecule has 0 aliphatic heterocycles. The first-order valence-electron chi connectivity index (χ1n) is 7.14. The molecule has 0 aliphatic rings. The lowest BCUT2D eigenvalue weighted by atomic mass is 10.1. The van der Waals surface area contributed by atoms with E-state index in [0.717, 1.165) is 35.0 Å². The Labute approximate surface area is 135 Å². The van der Waals surface area contributed by atoms with Gasteiger partial charge in [0.25, 0.3) is 0 Å². The molecule has 5 heteroatoms. The minimum absolute atomic E-state index is 0.0392. The number of halogens is 1. The summed E-state index contributed by atoms with van der Waals surface area (Å²) in [5, 5.41) is 5.22. The molecule has 0 spiro atoms. The molecule has 0 amide bonds. The fraction of sp³-hybridized carbons (Fsp3) is 0.438. The number of thiazole rings is 1. The van der Waals surface area contributed by atoms with Crippen LogP contribution in [0.3, 0.4) is 0 Å². The Morgan fingerprint density at radius 1 is 1.38 bits per heavy atom. The van der Waals surface area contributed by atoms with Gasteiger partial charge in [0.1, 0.15) is 10.8 Å². The van der Waals surface area contributed by atoms with E-state index >= 15 is 0 Å². The van der Waals surface area contributed by atoms with Crippen LogP contribution in [0, 0.1) is 6.92 Å². The second-order valence-electron chi connectivity index (χ2n) is 4.75. The molecule has 0 fully saturated rings. The molecule has 1 aromatic heterocycles. The molecule has 1 aromatic carbocycles. The molecule has 0 radical (unpaired) electrons. The Balaban J connectivity index is 2.53. The summed E-state index contributed by atoms with van der Waals surface area (Å²) in [6.45, 7) is 7.16. The monoisotopic (exact) mass is 324 g/mol. The molecule has 0 saturated heterocycles. The van der Waals surface area contributed by atoms with Gasteiger partial charge in [-0.25, -0.2) is 4.98 Å². The number of ether oxygens (including phenoxy) is 1. The molecule has 2 aromatic rings. The Kier molecular flexibility index (Phi) is 5.62. The summed E-state index contributed by atoms with van der Waals surface area (Å²) in [5.41, 5.74) is 2.11. The van der Waals surface area contributed by atoms with Crippen molar-refractivity contribution < 1.29 is 4.74 Å². The third-order valence-corrected chi connectivity index (χ3v) is 4.83. The van der Waals surface area contributed by atoms with E-state index in [1.165, 1.54) is 4.88 Å². The molecule has 1 atom stereocenters. The number of nitrogens with zero attached hydrogens (tertiary/aromatic N) is 1. The van der Waals surface area contributed by atoms with Crippen molar-refractivity contribution in [3.05, 3.63) is 44.4 Å². The van der Waals surface area contributed by atoms with Crippen molar-refractivity contribution in [1.82, 2.24) is 10.3 Å². The summed E-state index contributed by atoms with van der Waals surface area (Å²) >= 11 is 8.15. The van der Waals surface area contributed by atoms with Gasteiger partial charge in [-0.3, -0.25) is 0 Å². The van der Waals surface area contributed by atoms with E-state index in [4.69, 9.17) is 21.3 Å². The lowest BCUT2D eigenvalue weighted by molar-refractivity contribution is 0.404. The average Bonchev–Trinajstić information content (AvgIpc) is 2.86. The smallest absolute Gasteiger partial charge is 0.125 e. The molecule has 0 saturated carbocycles. The van der Waals surface area contributed by atoms with Gasteiger partial charge >= 0.3 is 0 Å². The van der Waals surface area contributed by atoms with E-state index in [0.29, 0.717) is 5.02 Å². The summed E-state index contributed by atoms with van der Waals surface area (Å²) in [4.78, 5) is 6.05. The van der Waals surface area contributed by atoms with Gasteiger partial charge in [-0.2, -0.15) is 0 Å². The highest BCUT2D eigenvalue weighted by molar-refractivity contribution is 7.11. The highest BCUT2D eigenvalue weighted by atomic mass is 35.5. The standard InChI is InChI=1S/C16H21ClN2OS/c1-5-12-10(3)21-16(19-12)15(18-6-2)14-11(17)8-7-9-13(14)20-4/h7-9,15,18H,5-6H2,1-4H3. The number of rotatable bonds is 6. The topological polar surface area (TPSA) is 34.2 Å². The van der Waals surface area contributed by atoms with E-state index in [9.17, 15) is 0 Å². The summed E-state index contributed by atoms with van der Waals surface area (Å²) < 4.78 is 5.49. The molecular weight excluding hydrogens is 304 g/mol. The summed E-state index contributed by atoms with van der Waals surface area (Å²) in [6.07, 6.45) is 0.945. The van der Waals surface area contributed by atoms with Gasteiger partial charge in [0.05, 0.1) is 18.8 Å². The lowest BCUT2D eigenvalue weighted by Crippen LogP contribution is -2.23. The molecular formula is C16H21ClN2OS. The number of methoxy groups -OCH3 is 1. The molecule has 1 unspecified atom stereocenters. The zero-order chi connectivity index (χ0) is 15.4. The van der Waals surface area contributed by atoms with Crippen LogP contribution in [-0.2, 0) is 6.42 Å². The highest BCUT2D eigenvalue weighted by Gasteiger charge is 2.24. The Hall–Kier alpha value is -1.10. The third kappa shape index (κ3) is 3.39. The summed E-state index contributed by atoms with van der Waals surface area (Å²) in [7, 11) is 1.67. The van der Waals surface area contributed by atoms with Crippen molar-refractivity contribution in [2.45, 2.75) is 33.2 Å². The van der Waals surface area contributed by atoms with Crippen LogP contribution in [0.5, 0.6) is 5.75 Å². The molecule has 21 heavy (non-hydrogen) atoms. The second-order valence-corrected chi connectivity index (χ2v) is 6.40. The van der Waals surface area contributed by atoms with Crippen molar-refractivity contribution in [3.63, 3.8) is 0 Å². The van der Waals surface area contributed by atoms with Gasteiger partial charge in [0, 0.05) is 15.5 Å². The minimum atomic E-state index is -0.0392. The minimum Gasteiger partial charge on any atom is -0.496 e. The largest absolute Gasteiger partial charge is 0.496 e. The maximum Gasteiger partial charge on any atom is 0.125 e. The maximum absolute atomic E-state index is 6.43. The van der Waals surface area contributed by atoms with Crippen LogP contribution in [-0.4, -0.2) is 18.6 Å². The quantitative estimate of drug-likeness (QED) is 0.856. The van der Waals surface area contributed by atoms with E-state index in [-0.39, 0.29) is 6.04 Å². The zero-order valence-corrected chi connectivity index (χ0v) is 14.4. The van der Waals surface area contributed by atoms with Crippen LogP contribution in [0.25, 0.3) is 0 Å². The summed E-state index contributed by atoms with van der Waals surface area (Å²) in [5.74, 6) is 0.791. The van der Waals surface area contributed by atoms with Gasteiger partial charge < -0.3 is 10.1 Å². The Morgan fingerprint density at radius 3 is 2.71 bits per heavy atom. The van der Waals surface area contributed by atoms with Crippen LogP contribution >= 0.6 is 22.9 Å². The predicted molar refractivity (Wildman–Crippen MR) is 89.8 cm³/mol. The van der Waals surface area contributed by atoms with Crippen LogP contribution in [0.1, 0.15) is 41.0 Å². The molecule has 3 nitrogen and oxygen atoms in total. The Morgan fingerprint density at radius 2 is 2.14 bits per heavy atom. The van der Waals surface area contributed by atoms with E-state index in [1.807, 2.05) is 18.2 Å². The molecule has 2 rings (SSSR count). The number of hydrogen-bond acceptors (Lipinski definition) is 4. The second kappa shape index (κ2) is 7.25. The van der Waals surface area contributed by atoms with Crippen LogP contribution in [0.2, 0.25) is 5.02 Å². The van der Waals surface area contributed by atoms with Gasteiger partial charge in [-0.05, 0) is 32.0 Å². The van der Waals surface area contributed by atoms with Gasteiger partial charge in [0.2, 0.25) is 0 Å². The van der Waals surface area contributed by atoms with Crippen molar-refractivity contribution in [2.75, 3.05) is 13.7 Å². The first kappa shape index (κ1) is 16.3. The number of aromatic nitrogens is 1. The molecule has 1 heterocycles. The maximum atomic E-state index is 6.43. The van der Waals surface area contributed by atoms with Gasteiger partial charge in [0.15, 0.2) is 0 Å². The first-order chi connectivity index (χ1) is 10.1. The number of nitrogens with one attached hydrogen (secondary N) is 1. The summed E-state index contributed by atoms with van der Waals surface area (Å²) in [6, 6.07) is 5.69. The van der Waals surface area contributed by atoms with Gasteiger partial charge in [-0.15, -0.1) is 11.3 Å². The first-order valence-corrected chi connectivity index (χ1v) is 8.33. The van der Waals surface area contributed by atoms with Crippen molar-refractivity contribution in [2.24, 2.45) is 0 Å². The van der Waals surface area contributed by atoms with Crippen LogP contribution in [0.4, 0.5) is 0 Å². The van der Waals surface area contributed by atoms with Gasteiger partial charge in [-0.1, -0.05) is 31.5 Å². The van der Waals surface area contributed by atoms with Crippen molar-refractivity contribution in [3.8, 4) is 5.75 Å². The molecule has 1 N–H and O–H groups in total. The van der Waals surface area contributed by atoms with E-state index < -0.39 is 0 Å². The number of hydrogen-bond donors (Lipinski definition) is 1. The molecule has 114 valence electrons. The number of aryl methyl sites for hydroxylation is 2. The average molecular weight is 325 g/mol. The SMILES string of the molecule is CCNC(c1nc(CC)c(C)s1)c1c(Cl)cccc1OC. The predicted octanol–water partition coefficient (Wildman–Crippen LogP) is 4.37. The van der Waals surface area contributed by atoms with E-state index in [2.05, 4.69) is 26.1 Å². The molecule has 0 aliphatic carbocycles. The normalized spacial score (nSPS) is 12.4. The fourth-order valence-corrected chi connectivity index (χ4v) is 3.77. The van der Waals surface area contributed by atoms with Crippen molar-refractivity contribution >= 4 is 22.9 Å². The number of benzene rings is 1. The zero-order valence-electron chi connectivity index (χ0n) is 12.9. The van der Waals surface area contributed by atoms with Crippen LogP contribution in [0.15, 0.2) is 18.2 Å². The molecule has 0 bridgehead atoms. The highest BCUT2D eigenvalue weighted by Crippen LogP contribution is 2.37. The van der Waals surface area contributed by atoms with Crippen LogP contribution < -0.4 is 10.1 Å². The van der Waals surface area contributed by atoms with Crippen molar-refractivity contribution in [1.29, 1.82) is 0 Å². The fourth-order valence-electron chi connectivity index (χ4n) is 2.39.